The van der Waals surface area contributed by atoms with Gasteiger partial charge < -0.3 is 24.8 Å². The second-order valence-electron chi connectivity index (χ2n) is 9.68. The number of oxime groups is 1. The summed E-state index contributed by atoms with van der Waals surface area (Å²) >= 11 is 0. The molecule has 1 aliphatic carbocycles. The molecule has 10 heteroatoms. The van der Waals surface area contributed by atoms with Crippen LogP contribution >= 0.6 is 0 Å². The SMILES string of the molecule is COc1cccc(-c2cc(F)ccc2C2CC(=NOC[C@H]3COC(C)(C)O3)c3c(C)nc(N)nc3C2)n1. The lowest BCUT2D eigenvalue weighted by molar-refractivity contribution is -0.145. The summed E-state index contributed by atoms with van der Waals surface area (Å²) in [5.74, 6) is -0.406. The van der Waals surface area contributed by atoms with Gasteiger partial charge in [-0.05, 0) is 56.9 Å². The lowest BCUT2D eigenvalue weighted by Crippen LogP contribution is -2.25. The lowest BCUT2D eigenvalue weighted by Gasteiger charge is -2.28. The van der Waals surface area contributed by atoms with E-state index in [2.05, 4.69) is 20.1 Å². The summed E-state index contributed by atoms with van der Waals surface area (Å²) in [4.78, 5) is 19.2. The minimum Gasteiger partial charge on any atom is -0.481 e. The average molecular weight is 508 g/mol. The van der Waals surface area contributed by atoms with E-state index in [0.717, 1.165) is 22.5 Å². The number of benzene rings is 1. The fourth-order valence-corrected chi connectivity index (χ4v) is 4.95. The molecule has 9 nitrogen and oxygen atoms in total. The van der Waals surface area contributed by atoms with Crippen molar-refractivity contribution < 1.29 is 23.4 Å². The number of hydrogen-bond donors (Lipinski definition) is 1. The van der Waals surface area contributed by atoms with Crippen LogP contribution in [0.2, 0.25) is 0 Å². The summed E-state index contributed by atoms with van der Waals surface area (Å²) < 4.78 is 31.1. The number of aryl methyl sites for hydroxylation is 1. The first-order valence-electron chi connectivity index (χ1n) is 12.2. The van der Waals surface area contributed by atoms with Crippen molar-refractivity contribution in [2.45, 2.75) is 51.4 Å². The van der Waals surface area contributed by atoms with E-state index in [1.54, 1.807) is 19.2 Å². The van der Waals surface area contributed by atoms with Crippen molar-refractivity contribution in [1.82, 2.24) is 15.0 Å². The average Bonchev–Trinajstić information content (AvgIpc) is 3.21. The molecule has 0 amide bonds. The Balaban J connectivity index is 1.50. The van der Waals surface area contributed by atoms with E-state index in [1.165, 1.54) is 12.1 Å². The Labute approximate surface area is 214 Å². The van der Waals surface area contributed by atoms with E-state index in [-0.39, 0.29) is 30.4 Å². The third-order valence-corrected chi connectivity index (χ3v) is 6.52. The molecule has 1 aromatic carbocycles. The number of fused-ring (bicyclic) bond motifs is 1. The molecule has 1 saturated heterocycles. The van der Waals surface area contributed by atoms with Gasteiger partial charge in [0.05, 0.1) is 36.5 Å². The third-order valence-electron chi connectivity index (χ3n) is 6.52. The van der Waals surface area contributed by atoms with Crippen LogP contribution in [-0.2, 0) is 20.7 Å². The molecule has 0 spiro atoms. The van der Waals surface area contributed by atoms with Crippen LogP contribution in [0.4, 0.5) is 10.3 Å². The highest BCUT2D eigenvalue weighted by molar-refractivity contribution is 6.03. The number of ether oxygens (including phenoxy) is 3. The maximum Gasteiger partial charge on any atom is 0.220 e. The van der Waals surface area contributed by atoms with Crippen molar-refractivity contribution in [1.29, 1.82) is 0 Å². The molecule has 3 heterocycles. The zero-order valence-corrected chi connectivity index (χ0v) is 21.3. The summed E-state index contributed by atoms with van der Waals surface area (Å²) in [6.07, 6.45) is 0.903. The Morgan fingerprint density at radius 1 is 1.16 bits per heavy atom. The Bertz CT molecular complexity index is 1350. The van der Waals surface area contributed by atoms with Crippen molar-refractivity contribution in [3.8, 4) is 17.1 Å². The Kier molecular flexibility index (Phi) is 6.78. The van der Waals surface area contributed by atoms with E-state index >= 15 is 0 Å². The van der Waals surface area contributed by atoms with Crippen LogP contribution in [0.15, 0.2) is 41.6 Å². The number of anilines is 1. The molecule has 3 aromatic rings. The highest BCUT2D eigenvalue weighted by atomic mass is 19.1. The van der Waals surface area contributed by atoms with Gasteiger partial charge in [0, 0.05) is 23.6 Å². The molecule has 2 N–H and O–H groups in total. The predicted molar refractivity (Wildman–Crippen MR) is 136 cm³/mol. The highest BCUT2D eigenvalue weighted by Gasteiger charge is 2.34. The van der Waals surface area contributed by atoms with Gasteiger partial charge in [-0.15, -0.1) is 0 Å². The van der Waals surface area contributed by atoms with E-state index in [9.17, 15) is 4.39 Å². The summed E-state index contributed by atoms with van der Waals surface area (Å²) in [7, 11) is 1.55. The van der Waals surface area contributed by atoms with E-state index in [4.69, 9.17) is 24.8 Å². The maximum absolute atomic E-state index is 14.4. The summed E-state index contributed by atoms with van der Waals surface area (Å²) in [5, 5.41) is 4.50. The van der Waals surface area contributed by atoms with Gasteiger partial charge in [0.2, 0.25) is 11.8 Å². The van der Waals surface area contributed by atoms with Crippen LogP contribution in [-0.4, -0.2) is 52.9 Å². The van der Waals surface area contributed by atoms with Crippen molar-refractivity contribution in [3.63, 3.8) is 0 Å². The molecule has 5 rings (SSSR count). The monoisotopic (exact) mass is 507 g/mol. The molecule has 0 saturated carbocycles. The first-order valence-corrected chi connectivity index (χ1v) is 12.2. The minimum absolute atomic E-state index is 0.0721. The van der Waals surface area contributed by atoms with Crippen LogP contribution in [0.5, 0.6) is 5.88 Å². The predicted octanol–water partition coefficient (Wildman–Crippen LogP) is 4.18. The quantitative estimate of drug-likeness (QED) is 0.495. The zero-order valence-electron chi connectivity index (χ0n) is 21.3. The van der Waals surface area contributed by atoms with E-state index in [1.807, 2.05) is 32.9 Å². The number of nitrogen functional groups attached to an aromatic ring is 1. The number of rotatable bonds is 6. The molecule has 2 atom stereocenters. The minimum atomic E-state index is -0.640. The number of aromatic nitrogens is 3. The molecule has 194 valence electrons. The number of hydrogen-bond acceptors (Lipinski definition) is 9. The van der Waals surface area contributed by atoms with Crippen molar-refractivity contribution in [2.24, 2.45) is 5.16 Å². The van der Waals surface area contributed by atoms with E-state index < -0.39 is 5.79 Å². The lowest BCUT2D eigenvalue weighted by atomic mass is 9.79. The molecule has 0 radical (unpaired) electrons. The summed E-state index contributed by atoms with van der Waals surface area (Å²) in [6.45, 7) is 6.29. The normalized spacial score (nSPS) is 21.6. The van der Waals surface area contributed by atoms with Gasteiger partial charge in [-0.3, -0.25) is 0 Å². The van der Waals surface area contributed by atoms with E-state index in [0.29, 0.717) is 42.3 Å². The van der Waals surface area contributed by atoms with Crippen LogP contribution in [0.3, 0.4) is 0 Å². The van der Waals surface area contributed by atoms with Crippen LogP contribution in [0, 0.1) is 12.7 Å². The van der Waals surface area contributed by atoms with Gasteiger partial charge in [-0.25, -0.2) is 19.3 Å². The van der Waals surface area contributed by atoms with Gasteiger partial charge in [-0.2, -0.15) is 0 Å². The number of methoxy groups -OCH3 is 1. The molecule has 37 heavy (non-hydrogen) atoms. The highest BCUT2D eigenvalue weighted by Crippen LogP contribution is 2.38. The fraction of sp³-hybridized carbons (Fsp3) is 0.407. The molecule has 0 bridgehead atoms. The molecule has 2 aromatic heterocycles. The van der Waals surface area contributed by atoms with Gasteiger partial charge >= 0.3 is 0 Å². The molecule has 1 unspecified atom stereocenters. The number of halogens is 1. The van der Waals surface area contributed by atoms with Gasteiger partial charge in [-0.1, -0.05) is 17.3 Å². The van der Waals surface area contributed by atoms with Gasteiger partial charge in [0.1, 0.15) is 18.5 Å². The Morgan fingerprint density at radius 3 is 2.76 bits per heavy atom. The Hall–Kier alpha value is -3.63. The fourth-order valence-electron chi connectivity index (χ4n) is 4.95. The molecular weight excluding hydrogens is 477 g/mol. The molecular formula is C27H30FN5O4. The largest absolute Gasteiger partial charge is 0.481 e. The molecule has 1 aliphatic heterocycles. The van der Waals surface area contributed by atoms with Gasteiger partial charge in [0.15, 0.2) is 5.79 Å². The van der Waals surface area contributed by atoms with Crippen molar-refractivity contribution in [2.75, 3.05) is 26.1 Å². The first-order chi connectivity index (χ1) is 17.7. The number of pyridine rings is 1. The van der Waals surface area contributed by atoms with Crippen molar-refractivity contribution in [3.05, 3.63) is 64.7 Å². The second-order valence-corrected chi connectivity index (χ2v) is 9.68. The van der Waals surface area contributed by atoms with Crippen LogP contribution in [0.1, 0.15) is 48.7 Å². The Morgan fingerprint density at radius 2 is 2.00 bits per heavy atom. The first kappa shape index (κ1) is 25.0. The molecule has 2 aliphatic rings. The standard InChI is InChI=1S/C27H30FN5O4/c1-15-25-22(32-26(29)30-15)10-16(11-23(25)33-36-14-18-13-35-27(2,3)37-18)19-9-8-17(28)12-20(19)21-6-5-7-24(31-21)34-4/h5-9,12,16,18H,10-11,13-14H2,1-4H3,(H2,29,30,32)/t16?,18-/m1/s1. The zero-order chi connectivity index (χ0) is 26.2. The third kappa shape index (κ3) is 5.40. The smallest absolute Gasteiger partial charge is 0.220 e. The van der Waals surface area contributed by atoms with Crippen molar-refractivity contribution >= 4 is 11.7 Å². The topological polar surface area (TPSA) is 114 Å². The molecule has 1 fully saturated rings. The van der Waals surface area contributed by atoms with Gasteiger partial charge in [0.25, 0.3) is 0 Å². The maximum atomic E-state index is 14.4. The number of nitrogens with two attached hydrogens (primary N) is 1. The van der Waals surface area contributed by atoms with Crippen LogP contribution < -0.4 is 10.5 Å². The summed E-state index contributed by atoms with van der Waals surface area (Å²) in [5.41, 5.74) is 11.3. The van der Waals surface area contributed by atoms with Crippen LogP contribution in [0.25, 0.3) is 11.3 Å². The number of nitrogens with zero attached hydrogens (tertiary/aromatic N) is 4. The summed E-state index contributed by atoms with van der Waals surface area (Å²) in [6, 6.07) is 10.2. The second kappa shape index (κ2) is 10.0.